The molecule has 9 nitrogen and oxygen atoms in total. The van der Waals surface area contributed by atoms with E-state index in [0.717, 1.165) is 16.3 Å². The van der Waals surface area contributed by atoms with Gasteiger partial charge in [0.1, 0.15) is 10.7 Å². The standard InChI is InChI=1S/C22H21N7O2S/c1-28-11-8-22(31,20(28)30)15-5-3-4-14(12-15)19-24-17(13-32-19)16-6-9-23-21(25-16)26-18-7-10-29(2)27-18/h3-7,9-10,12-13,31H,8,11H2,1-2H3,(H,23,25,26,27)/t22-/m1/s1. The fraction of sp³-hybridized carbons (Fsp3) is 0.227. The van der Waals surface area contributed by atoms with Crippen molar-refractivity contribution in [1.29, 1.82) is 0 Å². The number of likely N-dealkylation sites (tertiary alicyclic amines) is 1. The van der Waals surface area contributed by atoms with E-state index in [1.165, 1.54) is 11.3 Å². The first-order valence-electron chi connectivity index (χ1n) is 10.1. The number of hydrogen-bond acceptors (Lipinski definition) is 8. The normalized spacial score (nSPS) is 18.3. The summed E-state index contributed by atoms with van der Waals surface area (Å²) in [4.78, 5) is 27.6. The second kappa shape index (κ2) is 7.81. The van der Waals surface area contributed by atoms with E-state index < -0.39 is 5.60 Å². The fourth-order valence-corrected chi connectivity index (χ4v) is 4.52. The molecule has 4 aromatic rings. The van der Waals surface area contributed by atoms with E-state index in [9.17, 15) is 9.90 Å². The monoisotopic (exact) mass is 447 g/mol. The number of anilines is 2. The summed E-state index contributed by atoms with van der Waals surface area (Å²) in [6.07, 6.45) is 3.88. The number of nitrogens with one attached hydrogen (secondary N) is 1. The molecule has 32 heavy (non-hydrogen) atoms. The Labute approximate surface area is 188 Å². The molecule has 10 heteroatoms. The van der Waals surface area contributed by atoms with Crippen LogP contribution < -0.4 is 5.32 Å². The molecule has 0 saturated carbocycles. The molecule has 1 fully saturated rings. The van der Waals surface area contributed by atoms with Crippen LogP contribution in [0.5, 0.6) is 0 Å². The molecule has 1 aliphatic rings. The van der Waals surface area contributed by atoms with Crippen LogP contribution in [0.3, 0.4) is 0 Å². The number of rotatable bonds is 5. The van der Waals surface area contributed by atoms with E-state index in [-0.39, 0.29) is 5.91 Å². The third-order valence-electron chi connectivity index (χ3n) is 5.47. The van der Waals surface area contributed by atoms with E-state index in [2.05, 4.69) is 20.4 Å². The zero-order valence-electron chi connectivity index (χ0n) is 17.6. The van der Waals surface area contributed by atoms with Gasteiger partial charge >= 0.3 is 0 Å². The Morgan fingerprint density at radius 3 is 2.78 bits per heavy atom. The topological polar surface area (TPSA) is 109 Å². The minimum absolute atomic E-state index is 0.275. The first kappa shape index (κ1) is 20.3. The largest absolute Gasteiger partial charge is 0.375 e. The highest BCUT2D eigenvalue weighted by Crippen LogP contribution is 2.36. The maximum atomic E-state index is 12.5. The van der Waals surface area contributed by atoms with Gasteiger partial charge in [-0.15, -0.1) is 11.3 Å². The van der Waals surface area contributed by atoms with Crippen molar-refractivity contribution in [2.75, 3.05) is 18.9 Å². The van der Waals surface area contributed by atoms with Crippen LogP contribution in [0.15, 0.2) is 54.2 Å². The van der Waals surface area contributed by atoms with Gasteiger partial charge in [-0.1, -0.05) is 18.2 Å². The van der Waals surface area contributed by atoms with Gasteiger partial charge in [-0.3, -0.25) is 9.48 Å². The van der Waals surface area contributed by atoms with Crippen LogP contribution in [0.2, 0.25) is 0 Å². The number of likely N-dealkylation sites (N-methyl/N-ethyl adjacent to an activating group) is 1. The predicted molar refractivity (Wildman–Crippen MR) is 121 cm³/mol. The Bertz CT molecular complexity index is 1300. The van der Waals surface area contributed by atoms with Crippen LogP contribution in [-0.4, -0.2) is 54.2 Å². The molecule has 0 unspecified atom stereocenters. The predicted octanol–water partition coefficient (Wildman–Crippen LogP) is 2.79. The van der Waals surface area contributed by atoms with Crippen LogP contribution in [0.25, 0.3) is 22.0 Å². The van der Waals surface area contributed by atoms with Crippen LogP contribution in [0, 0.1) is 0 Å². The van der Waals surface area contributed by atoms with Crippen molar-refractivity contribution in [3.05, 3.63) is 59.7 Å². The zero-order chi connectivity index (χ0) is 22.3. The van der Waals surface area contributed by atoms with E-state index in [4.69, 9.17) is 4.98 Å². The highest BCUT2D eigenvalue weighted by Gasteiger charge is 2.45. The third-order valence-corrected chi connectivity index (χ3v) is 6.36. The smallest absolute Gasteiger partial charge is 0.258 e. The van der Waals surface area contributed by atoms with Gasteiger partial charge in [0.2, 0.25) is 5.95 Å². The minimum Gasteiger partial charge on any atom is -0.375 e. The van der Waals surface area contributed by atoms with Crippen molar-refractivity contribution >= 4 is 29.0 Å². The van der Waals surface area contributed by atoms with E-state index in [1.807, 2.05) is 42.9 Å². The average Bonchev–Trinajstić information content (AvgIpc) is 3.52. The van der Waals surface area contributed by atoms with Crippen molar-refractivity contribution in [3.63, 3.8) is 0 Å². The molecule has 4 heterocycles. The molecule has 1 amide bonds. The summed E-state index contributed by atoms with van der Waals surface area (Å²) in [5.41, 5.74) is 1.35. The lowest BCUT2D eigenvalue weighted by molar-refractivity contribution is -0.143. The van der Waals surface area contributed by atoms with Crippen LogP contribution in [0.4, 0.5) is 11.8 Å². The molecule has 0 spiro atoms. The van der Waals surface area contributed by atoms with Crippen LogP contribution in [-0.2, 0) is 17.4 Å². The van der Waals surface area contributed by atoms with E-state index >= 15 is 0 Å². The van der Waals surface area contributed by atoms with E-state index in [0.29, 0.717) is 36.0 Å². The number of aryl methyl sites for hydroxylation is 1. The highest BCUT2D eigenvalue weighted by atomic mass is 32.1. The number of carbonyl (C=O) groups is 1. The molecular formula is C22H21N7O2S. The summed E-state index contributed by atoms with van der Waals surface area (Å²) < 4.78 is 1.70. The van der Waals surface area contributed by atoms with Crippen LogP contribution in [0.1, 0.15) is 12.0 Å². The lowest BCUT2D eigenvalue weighted by Crippen LogP contribution is -2.36. The molecule has 5 rings (SSSR count). The van der Waals surface area contributed by atoms with Gasteiger partial charge in [-0.05, 0) is 17.7 Å². The molecule has 1 aromatic carbocycles. The first-order chi connectivity index (χ1) is 15.4. The third kappa shape index (κ3) is 3.63. The number of carbonyl (C=O) groups excluding carboxylic acids is 1. The summed E-state index contributed by atoms with van der Waals surface area (Å²) in [7, 11) is 3.55. The summed E-state index contributed by atoms with van der Waals surface area (Å²) in [6.45, 7) is 0.531. The van der Waals surface area contributed by atoms with Crippen molar-refractivity contribution < 1.29 is 9.90 Å². The average molecular weight is 448 g/mol. The van der Waals surface area contributed by atoms with Gasteiger partial charge in [0.05, 0.1) is 5.69 Å². The molecule has 1 aliphatic heterocycles. The van der Waals surface area contributed by atoms with E-state index in [1.54, 1.807) is 35.0 Å². The molecule has 0 radical (unpaired) electrons. The molecule has 2 N–H and O–H groups in total. The van der Waals surface area contributed by atoms with Gasteiger partial charge in [0.15, 0.2) is 11.4 Å². The molecular weight excluding hydrogens is 426 g/mol. The van der Waals surface area contributed by atoms with Gasteiger partial charge in [0, 0.05) is 56.5 Å². The molecule has 3 aromatic heterocycles. The second-order valence-corrected chi connectivity index (χ2v) is 8.58. The van der Waals surface area contributed by atoms with Gasteiger partial charge < -0.3 is 15.3 Å². The second-order valence-electron chi connectivity index (χ2n) is 7.72. The Morgan fingerprint density at radius 2 is 2.03 bits per heavy atom. The number of nitrogens with zero attached hydrogens (tertiary/aromatic N) is 6. The summed E-state index contributed by atoms with van der Waals surface area (Å²) in [5, 5.41) is 21.0. The SMILES string of the molecule is CN1CC[C@@](O)(c2cccc(-c3nc(-c4ccnc(Nc5ccn(C)n5)n4)cs3)c2)C1=O. The summed E-state index contributed by atoms with van der Waals surface area (Å²) in [6, 6.07) is 11.0. The number of thiazole rings is 1. The minimum atomic E-state index is -1.48. The van der Waals surface area contributed by atoms with Crippen molar-refractivity contribution in [3.8, 4) is 22.0 Å². The Kier molecular flexibility index (Phi) is 4.95. The Balaban J connectivity index is 1.41. The molecule has 1 atom stereocenters. The lowest BCUT2D eigenvalue weighted by atomic mass is 9.91. The van der Waals surface area contributed by atoms with Gasteiger partial charge in [0.25, 0.3) is 5.91 Å². The van der Waals surface area contributed by atoms with Crippen LogP contribution >= 0.6 is 11.3 Å². The lowest BCUT2D eigenvalue weighted by Gasteiger charge is -2.21. The number of benzene rings is 1. The first-order valence-corrected chi connectivity index (χ1v) is 10.9. The highest BCUT2D eigenvalue weighted by molar-refractivity contribution is 7.13. The number of amides is 1. The summed E-state index contributed by atoms with van der Waals surface area (Å²) in [5.74, 6) is 0.817. The molecule has 162 valence electrons. The van der Waals surface area contributed by atoms with Gasteiger partial charge in [-0.2, -0.15) is 5.10 Å². The maximum absolute atomic E-state index is 12.5. The molecule has 1 saturated heterocycles. The maximum Gasteiger partial charge on any atom is 0.258 e. The number of aliphatic hydroxyl groups is 1. The Hall–Kier alpha value is -3.63. The summed E-state index contributed by atoms with van der Waals surface area (Å²) >= 11 is 1.48. The van der Waals surface area contributed by atoms with Crippen molar-refractivity contribution in [2.24, 2.45) is 7.05 Å². The van der Waals surface area contributed by atoms with Gasteiger partial charge in [-0.25, -0.2) is 15.0 Å². The molecule has 0 aliphatic carbocycles. The number of aromatic nitrogens is 5. The van der Waals surface area contributed by atoms with Crippen molar-refractivity contribution in [1.82, 2.24) is 29.6 Å². The fourth-order valence-electron chi connectivity index (χ4n) is 3.71. The molecule has 0 bridgehead atoms. The zero-order valence-corrected chi connectivity index (χ0v) is 18.4. The van der Waals surface area contributed by atoms with Crippen molar-refractivity contribution in [2.45, 2.75) is 12.0 Å². The Morgan fingerprint density at radius 1 is 1.16 bits per heavy atom. The number of hydrogen-bond donors (Lipinski definition) is 2. The quantitative estimate of drug-likeness (QED) is 0.484.